The average Bonchev–Trinajstić information content (AvgIpc) is 4.27. The number of nitriles is 1. The van der Waals surface area contributed by atoms with Gasteiger partial charge in [0.25, 0.3) is 0 Å². The van der Waals surface area contributed by atoms with Crippen LogP contribution < -0.4 is 41.5 Å². The Balaban J connectivity index is 0.989. The maximum Gasteiger partial charge on any atom is 0.212 e. The largest absolute Gasteiger partial charge is 0.319 e. The van der Waals surface area contributed by atoms with Crippen LogP contribution in [-0.2, 0) is 0 Å². The molecule has 74 heavy (non-hydrogen) atoms. The molecule has 0 saturated carbocycles. The number of aromatic nitrogens is 2. The number of rotatable bonds is 6. The van der Waals surface area contributed by atoms with Crippen LogP contribution in [0.5, 0.6) is 0 Å². The second-order valence-electron chi connectivity index (χ2n) is 19.7. The molecular weight excluding hydrogens is 929 g/mol. The Morgan fingerprint density at radius 1 is 0.338 bits per heavy atom. The summed E-state index contributed by atoms with van der Waals surface area (Å²) >= 11 is 0. The van der Waals surface area contributed by atoms with E-state index in [-0.39, 0.29) is 0 Å². The Labute approximate surface area is 430 Å². The first-order chi connectivity index (χ1) is 36.6. The molecule has 6 heteroatoms. The molecule has 0 N–H and O–H groups in total. The van der Waals surface area contributed by atoms with Crippen molar-refractivity contribution in [2.24, 2.45) is 0 Å². The predicted molar refractivity (Wildman–Crippen MR) is 311 cm³/mol. The third kappa shape index (κ3) is 5.53. The minimum atomic E-state index is -2.79. The second kappa shape index (κ2) is 16.0. The predicted octanol–water partition coefficient (Wildman–Crippen LogP) is 11.0. The molecule has 0 atom stereocenters. The lowest BCUT2D eigenvalue weighted by Crippen LogP contribution is -2.72. The van der Waals surface area contributed by atoms with Crippen molar-refractivity contribution >= 4 is 107 Å². The number of hydrogen-bond donors (Lipinski definition) is 0. The van der Waals surface area contributed by atoms with Gasteiger partial charge in [-0.05, 0) is 100 Å². The van der Waals surface area contributed by atoms with Crippen molar-refractivity contribution in [1.29, 1.82) is 5.26 Å². The lowest BCUT2D eigenvalue weighted by atomic mass is 10.0. The van der Waals surface area contributed by atoms with Crippen LogP contribution in [0.4, 0.5) is 5.69 Å². The van der Waals surface area contributed by atoms with Gasteiger partial charge < -0.3 is 9.13 Å². The fourth-order valence-electron chi connectivity index (χ4n) is 13.4. The lowest BCUT2D eigenvalue weighted by Gasteiger charge is -2.31. The van der Waals surface area contributed by atoms with Crippen LogP contribution >= 0.6 is 0 Å². The van der Waals surface area contributed by atoms with E-state index in [9.17, 15) is 5.26 Å². The highest BCUT2D eigenvalue weighted by molar-refractivity contribution is 7.23. The Hall–Kier alpha value is -9.57. The molecule has 0 saturated heterocycles. The molecule has 11 aromatic carbocycles. The van der Waals surface area contributed by atoms with Crippen LogP contribution in [0.3, 0.4) is 0 Å². The third-order valence-corrected chi connectivity index (χ3v) is 26.0. The summed E-state index contributed by atoms with van der Waals surface area (Å²) in [5, 5.41) is 26.7. The molecule has 4 heterocycles. The molecule has 342 valence electrons. The van der Waals surface area contributed by atoms with Gasteiger partial charge in [-0.1, -0.05) is 218 Å². The summed E-state index contributed by atoms with van der Waals surface area (Å²) in [6, 6.07) is 95.7. The standard InChI is InChI=1S/C68H42N4Si2/c1-70-58-43-61(71-59-34-18-14-30-50(59)54-41-67-56(39-62(54)71)52-32-16-20-36-65(52)73(67,46-22-6-2-7-23-46)47-24-8-3-9-25-47)45(44-69)38-64(58)72-60-35-19-15-31-51(60)55-42-68-57(40-63(55)72)53-33-17-21-37-66(53)74(68,48-26-10-4-11-27-48)49-28-12-5-13-29-49/h2-43H. The molecule has 4 nitrogen and oxygen atoms in total. The van der Waals surface area contributed by atoms with Crippen LogP contribution in [0.1, 0.15) is 5.56 Å². The molecule has 0 bridgehead atoms. The van der Waals surface area contributed by atoms with Crippen LogP contribution in [0.2, 0.25) is 0 Å². The van der Waals surface area contributed by atoms with Gasteiger partial charge in [0.1, 0.15) is 6.07 Å². The van der Waals surface area contributed by atoms with E-state index in [0.29, 0.717) is 22.6 Å². The molecule has 15 rings (SSSR count). The van der Waals surface area contributed by atoms with Crippen molar-refractivity contribution < 1.29 is 0 Å². The van der Waals surface area contributed by atoms with Crippen LogP contribution in [0.15, 0.2) is 255 Å². The molecule has 0 fully saturated rings. The van der Waals surface area contributed by atoms with E-state index >= 15 is 0 Å². The smallest absolute Gasteiger partial charge is 0.212 e. The summed E-state index contributed by atoms with van der Waals surface area (Å²) in [4.78, 5) is 4.35. The van der Waals surface area contributed by atoms with Gasteiger partial charge in [0.15, 0.2) is 16.1 Å². The summed E-state index contributed by atoms with van der Waals surface area (Å²) in [5.41, 5.74) is 11.2. The molecule has 2 aliphatic rings. The topological polar surface area (TPSA) is 38.0 Å². The SMILES string of the molecule is [C-]#[N+]c1cc(-n2c3ccccc3c3cc4c(cc32)-c2ccccc2[Si]4(c2ccccc2)c2ccccc2)c(C#N)cc1-n1c2ccccc2c2cc3c(cc21)-c1ccccc1[Si]3(c1ccccc1)c1ccccc1. The van der Waals surface area contributed by atoms with Crippen molar-refractivity contribution in [1.82, 2.24) is 9.13 Å². The summed E-state index contributed by atoms with van der Waals surface area (Å²) in [5.74, 6) is 0. The monoisotopic (exact) mass is 970 g/mol. The quantitative estimate of drug-likeness (QED) is 0.121. The number of benzene rings is 11. The van der Waals surface area contributed by atoms with E-state index in [4.69, 9.17) is 6.57 Å². The first-order valence-electron chi connectivity index (χ1n) is 25.2. The van der Waals surface area contributed by atoms with E-state index in [2.05, 4.69) is 263 Å². The maximum atomic E-state index is 11.4. The highest BCUT2D eigenvalue weighted by Crippen LogP contribution is 2.43. The summed E-state index contributed by atoms with van der Waals surface area (Å²) < 4.78 is 4.48. The van der Waals surface area contributed by atoms with Crippen molar-refractivity contribution in [3.05, 3.63) is 272 Å². The highest BCUT2D eigenvalue weighted by Gasteiger charge is 2.50. The van der Waals surface area contributed by atoms with Gasteiger partial charge in [-0.2, -0.15) is 5.26 Å². The van der Waals surface area contributed by atoms with Crippen molar-refractivity contribution in [3.63, 3.8) is 0 Å². The summed E-state index contributed by atoms with van der Waals surface area (Å²) in [6.07, 6.45) is 0. The lowest BCUT2D eigenvalue weighted by molar-refractivity contribution is 1.14. The van der Waals surface area contributed by atoms with Gasteiger partial charge in [-0.3, -0.25) is 0 Å². The Morgan fingerprint density at radius 2 is 0.716 bits per heavy atom. The van der Waals surface area contributed by atoms with Gasteiger partial charge in [0.05, 0.1) is 45.6 Å². The molecule has 0 unspecified atom stereocenters. The van der Waals surface area contributed by atoms with Crippen molar-refractivity contribution in [3.8, 4) is 39.7 Å². The summed E-state index contributed by atoms with van der Waals surface area (Å²) in [7, 11) is -5.57. The molecule has 2 aromatic heterocycles. The third-order valence-electron chi connectivity index (χ3n) is 16.3. The minimum Gasteiger partial charge on any atom is -0.319 e. The van der Waals surface area contributed by atoms with E-state index in [1.54, 1.807) is 0 Å². The first-order valence-corrected chi connectivity index (χ1v) is 29.2. The molecule has 0 radical (unpaired) electrons. The van der Waals surface area contributed by atoms with E-state index < -0.39 is 16.1 Å². The fourth-order valence-corrected chi connectivity index (χ4v) is 23.8. The number of hydrogen-bond acceptors (Lipinski definition) is 1. The van der Waals surface area contributed by atoms with Crippen LogP contribution in [0, 0.1) is 17.9 Å². The molecule has 13 aromatic rings. The average molecular weight is 971 g/mol. The Morgan fingerprint density at radius 3 is 1.14 bits per heavy atom. The van der Waals surface area contributed by atoms with Gasteiger partial charge in [0, 0.05) is 21.5 Å². The van der Waals surface area contributed by atoms with Crippen LogP contribution in [-0.4, -0.2) is 25.3 Å². The highest BCUT2D eigenvalue weighted by atomic mass is 28.3. The molecular formula is C68H42N4Si2. The molecule has 0 amide bonds. The zero-order chi connectivity index (χ0) is 49.1. The zero-order valence-electron chi connectivity index (χ0n) is 40.0. The number of nitrogens with zero attached hydrogens (tertiary/aromatic N) is 4. The van der Waals surface area contributed by atoms with E-state index in [1.165, 1.54) is 63.7 Å². The normalized spacial score (nSPS) is 13.6. The van der Waals surface area contributed by atoms with Gasteiger partial charge in [0.2, 0.25) is 5.69 Å². The van der Waals surface area contributed by atoms with E-state index in [1.807, 2.05) is 12.1 Å². The van der Waals surface area contributed by atoms with E-state index in [0.717, 1.165) is 43.6 Å². The Bertz CT molecular complexity index is 4190. The number of fused-ring (bicyclic) bond motifs is 12. The van der Waals surface area contributed by atoms with Crippen molar-refractivity contribution in [2.75, 3.05) is 0 Å². The van der Waals surface area contributed by atoms with Crippen molar-refractivity contribution in [2.45, 2.75) is 0 Å². The molecule has 2 aliphatic heterocycles. The number of para-hydroxylation sites is 2. The second-order valence-corrected chi connectivity index (χ2v) is 27.1. The maximum absolute atomic E-state index is 11.4. The zero-order valence-corrected chi connectivity index (χ0v) is 42.0. The fraction of sp³-hybridized carbons (Fsp3) is 0. The summed E-state index contributed by atoms with van der Waals surface area (Å²) in [6.45, 7) is 8.96. The molecule has 0 spiro atoms. The minimum absolute atomic E-state index is 0.469. The first kappa shape index (κ1) is 42.1. The van der Waals surface area contributed by atoms with Crippen LogP contribution in [0.25, 0.3) is 82.1 Å². The Kier molecular flexibility index (Phi) is 9.09. The van der Waals surface area contributed by atoms with Gasteiger partial charge >= 0.3 is 0 Å². The van der Waals surface area contributed by atoms with Gasteiger partial charge in [-0.15, -0.1) is 0 Å². The molecule has 0 aliphatic carbocycles. The van der Waals surface area contributed by atoms with Gasteiger partial charge in [-0.25, -0.2) is 4.85 Å².